The van der Waals surface area contributed by atoms with E-state index in [2.05, 4.69) is 23.5 Å². The van der Waals surface area contributed by atoms with Gasteiger partial charge in [0.25, 0.3) is 0 Å². The predicted molar refractivity (Wildman–Crippen MR) is 48.5 cm³/mol. The Balaban J connectivity index is 4.01. The van der Waals surface area contributed by atoms with E-state index in [0.29, 0.717) is 0 Å². The average molecular weight is 168 g/mol. The Hall–Kier alpha value is -0.970. The van der Waals surface area contributed by atoms with Crippen molar-refractivity contribution in [3.8, 4) is 11.8 Å². The number of esters is 1. The van der Waals surface area contributed by atoms with Gasteiger partial charge in [-0.1, -0.05) is 19.8 Å². The number of methoxy groups -OCH3 is 1. The molecule has 0 aliphatic rings. The highest BCUT2D eigenvalue weighted by Gasteiger charge is 2.12. The third-order valence-corrected chi connectivity index (χ3v) is 1.55. The van der Waals surface area contributed by atoms with Gasteiger partial charge in [0.15, 0.2) is 0 Å². The van der Waals surface area contributed by atoms with E-state index in [9.17, 15) is 4.79 Å². The first-order valence-corrected chi connectivity index (χ1v) is 4.32. The molecule has 12 heavy (non-hydrogen) atoms. The fourth-order valence-electron chi connectivity index (χ4n) is 0.790. The quantitative estimate of drug-likeness (QED) is 0.476. The average Bonchev–Trinajstić information content (AvgIpc) is 2.11. The topological polar surface area (TPSA) is 26.3 Å². The smallest absolute Gasteiger partial charge is 0.320 e. The maximum absolute atomic E-state index is 11.0. The maximum Gasteiger partial charge on any atom is 0.320 e. The summed E-state index contributed by atoms with van der Waals surface area (Å²) in [7, 11) is 1.40. The molecule has 68 valence electrons. The summed E-state index contributed by atoms with van der Waals surface area (Å²) in [5.41, 5.74) is 0. The van der Waals surface area contributed by atoms with Crippen LogP contribution >= 0.6 is 0 Å². The van der Waals surface area contributed by atoms with Gasteiger partial charge in [-0.3, -0.25) is 4.79 Å². The second kappa shape index (κ2) is 6.72. The van der Waals surface area contributed by atoms with Crippen molar-refractivity contribution in [2.75, 3.05) is 7.11 Å². The van der Waals surface area contributed by atoms with Crippen LogP contribution in [0.1, 0.15) is 33.1 Å². The molecule has 0 aromatic carbocycles. The van der Waals surface area contributed by atoms with Crippen molar-refractivity contribution in [2.24, 2.45) is 5.92 Å². The summed E-state index contributed by atoms with van der Waals surface area (Å²) < 4.78 is 4.59. The van der Waals surface area contributed by atoms with Crippen LogP contribution in [0, 0.1) is 17.8 Å². The van der Waals surface area contributed by atoms with Gasteiger partial charge in [-0.15, -0.1) is 5.92 Å². The van der Waals surface area contributed by atoms with Gasteiger partial charge in [-0.25, -0.2) is 0 Å². The lowest BCUT2D eigenvalue weighted by molar-refractivity contribution is -0.143. The largest absolute Gasteiger partial charge is 0.468 e. The Labute approximate surface area is 74.3 Å². The molecule has 0 saturated carbocycles. The first kappa shape index (κ1) is 11.0. The minimum absolute atomic E-state index is 0.221. The number of ether oxygens (including phenoxy) is 1. The van der Waals surface area contributed by atoms with Crippen LogP contribution in [0.5, 0.6) is 0 Å². The van der Waals surface area contributed by atoms with Crippen LogP contribution in [0.4, 0.5) is 0 Å². The van der Waals surface area contributed by atoms with Gasteiger partial charge in [0.1, 0.15) is 5.92 Å². The van der Waals surface area contributed by atoms with Crippen LogP contribution in [0.2, 0.25) is 0 Å². The van der Waals surface area contributed by atoms with E-state index in [1.165, 1.54) is 7.11 Å². The van der Waals surface area contributed by atoms with Crippen LogP contribution in [-0.2, 0) is 9.53 Å². The standard InChI is InChI=1S/C10H16O2/c1-4-6-7-8-9(5-2)10(11)12-3/h9H,4-6H2,1-3H3. The Kier molecular flexibility index (Phi) is 6.18. The molecule has 0 bridgehead atoms. The monoisotopic (exact) mass is 168 g/mol. The number of carbonyl (C=O) groups is 1. The van der Waals surface area contributed by atoms with Crippen molar-refractivity contribution >= 4 is 5.97 Å². The molecule has 1 atom stereocenters. The Bertz CT molecular complexity index is 186. The van der Waals surface area contributed by atoms with Crippen molar-refractivity contribution in [3.63, 3.8) is 0 Å². The van der Waals surface area contributed by atoms with E-state index in [1.807, 2.05) is 6.92 Å². The van der Waals surface area contributed by atoms with Crippen LogP contribution < -0.4 is 0 Å². The zero-order chi connectivity index (χ0) is 9.40. The van der Waals surface area contributed by atoms with Crippen molar-refractivity contribution in [1.82, 2.24) is 0 Å². The van der Waals surface area contributed by atoms with Gasteiger partial charge in [-0.2, -0.15) is 0 Å². The fourth-order valence-corrected chi connectivity index (χ4v) is 0.790. The van der Waals surface area contributed by atoms with Crippen molar-refractivity contribution in [1.29, 1.82) is 0 Å². The molecular formula is C10H16O2. The van der Waals surface area contributed by atoms with Crippen LogP contribution in [0.3, 0.4) is 0 Å². The van der Waals surface area contributed by atoms with Gasteiger partial charge in [0, 0.05) is 6.42 Å². The Morgan fingerprint density at radius 3 is 2.58 bits per heavy atom. The lowest BCUT2D eigenvalue weighted by Gasteiger charge is -2.03. The maximum atomic E-state index is 11.0. The molecule has 0 amide bonds. The molecule has 0 heterocycles. The van der Waals surface area contributed by atoms with Crippen LogP contribution in [-0.4, -0.2) is 13.1 Å². The molecule has 1 unspecified atom stereocenters. The molecule has 0 rings (SSSR count). The van der Waals surface area contributed by atoms with Gasteiger partial charge >= 0.3 is 5.97 Å². The highest BCUT2D eigenvalue weighted by atomic mass is 16.5. The summed E-state index contributed by atoms with van der Waals surface area (Å²) >= 11 is 0. The minimum atomic E-state index is -0.235. The molecular weight excluding hydrogens is 152 g/mol. The molecule has 0 aliphatic carbocycles. The van der Waals surface area contributed by atoms with Crippen molar-refractivity contribution in [2.45, 2.75) is 33.1 Å². The molecule has 0 aliphatic heterocycles. The van der Waals surface area contributed by atoms with Crippen LogP contribution in [0.25, 0.3) is 0 Å². The normalized spacial score (nSPS) is 11.2. The van der Waals surface area contributed by atoms with E-state index in [1.54, 1.807) is 0 Å². The van der Waals surface area contributed by atoms with Crippen molar-refractivity contribution < 1.29 is 9.53 Å². The second-order valence-electron chi connectivity index (χ2n) is 2.56. The minimum Gasteiger partial charge on any atom is -0.468 e. The lowest BCUT2D eigenvalue weighted by Crippen LogP contribution is -2.13. The SMILES string of the molecule is CCCC#CC(CC)C(=O)OC. The van der Waals surface area contributed by atoms with E-state index in [0.717, 1.165) is 19.3 Å². The summed E-state index contributed by atoms with van der Waals surface area (Å²) in [4.78, 5) is 11.0. The van der Waals surface area contributed by atoms with Gasteiger partial charge in [0.05, 0.1) is 7.11 Å². The third-order valence-electron chi connectivity index (χ3n) is 1.55. The highest BCUT2D eigenvalue weighted by molar-refractivity contribution is 5.75. The molecule has 0 aromatic rings. The van der Waals surface area contributed by atoms with E-state index in [-0.39, 0.29) is 11.9 Å². The molecule has 2 nitrogen and oxygen atoms in total. The first-order valence-electron chi connectivity index (χ1n) is 4.32. The molecule has 2 heteroatoms. The van der Waals surface area contributed by atoms with Gasteiger partial charge in [-0.05, 0) is 12.8 Å². The molecule has 0 fully saturated rings. The van der Waals surface area contributed by atoms with E-state index in [4.69, 9.17) is 0 Å². The number of unbranched alkanes of at least 4 members (excludes halogenated alkanes) is 1. The summed E-state index contributed by atoms with van der Waals surface area (Å²) in [6, 6.07) is 0. The zero-order valence-electron chi connectivity index (χ0n) is 8.02. The summed E-state index contributed by atoms with van der Waals surface area (Å²) in [6.45, 7) is 4.00. The van der Waals surface area contributed by atoms with E-state index >= 15 is 0 Å². The molecule has 0 radical (unpaired) electrons. The third kappa shape index (κ3) is 4.02. The van der Waals surface area contributed by atoms with Crippen LogP contribution in [0.15, 0.2) is 0 Å². The number of carbonyl (C=O) groups excluding carboxylic acids is 1. The number of rotatable bonds is 3. The highest BCUT2D eigenvalue weighted by Crippen LogP contribution is 2.02. The van der Waals surface area contributed by atoms with E-state index < -0.39 is 0 Å². The summed E-state index contributed by atoms with van der Waals surface area (Å²) in [5.74, 6) is 5.39. The molecule has 0 N–H and O–H groups in total. The molecule has 0 saturated heterocycles. The molecule has 0 aromatic heterocycles. The van der Waals surface area contributed by atoms with Gasteiger partial charge < -0.3 is 4.74 Å². The molecule has 0 spiro atoms. The predicted octanol–water partition coefficient (Wildman–Crippen LogP) is 1.99. The van der Waals surface area contributed by atoms with Gasteiger partial charge in [0.2, 0.25) is 0 Å². The number of hydrogen-bond donors (Lipinski definition) is 0. The lowest BCUT2D eigenvalue weighted by atomic mass is 10.1. The number of hydrogen-bond acceptors (Lipinski definition) is 2. The fraction of sp³-hybridized carbons (Fsp3) is 0.700. The summed E-state index contributed by atoms with van der Waals surface area (Å²) in [5, 5.41) is 0. The Morgan fingerprint density at radius 2 is 2.17 bits per heavy atom. The zero-order valence-corrected chi connectivity index (χ0v) is 8.02. The Morgan fingerprint density at radius 1 is 1.50 bits per heavy atom. The van der Waals surface area contributed by atoms with Crippen molar-refractivity contribution in [3.05, 3.63) is 0 Å². The second-order valence-corrected chi connectivity index (χ2v) is 2.56. The summed E-state index contributed by atoms with van der Waals surface area (Å²) in [6.07, 6.45) is 2.61. The first-order chi connectivity index (χ1) is 5.76.